The molecule has 4 heteroatoms. The third kappa shape index (κ3) is 2.53. The van der Waals surface area contributed by atoms with Crippen LogP contribution in [-0.4, -0.2) is 21.2 Å². The Kier molecular flexibility index (Phi) is 3.33. The molecule has 1 N–H and O–H groups in total. The van der Waals surface area contributed by atoms with Crippen molar-refractivity contribution in [2.24, 2.45) is 0 Å². The van der Waals surface area contributed by atoms with E-state index in [-0.39, 0.29) is 0 Å². The van der Waals surface area contributed by atoms with E-state index in [0.717, 1.165) is 19.6 Å². The molecule has 2 aromatic heterocycles. The Balaban J connectivity index is 1.84. The molecule has 19 heavy (non-hydrogen) atoms. The molecule has 1 aromatic carbocycles. The summed E-state index contributed by atoms with van der Waals surface area (Å²) in [6.45, 7) is 2.81. The Morgan fingerprint density at radius 3 is 2.89 bits per heavy atom. The van der Waals surface area contributed by atoms with Gasteiger partial charge in [0.1, 0.15) is 0 Å². The van der Waals surface area contributed by atoms with Gasteiger partial charge < -0.3 is 14.5 Å². The van der Waals surface area contributed by atoms with E-state index in [1.54, 1.807) is 0 Å². The minimum atomic E-state index is 0.905. The minimum absolute atomic E-state index is 0.905. The summed E-state index contributed by atoms with van der Waals surface area (Å²) in [4.78, 5) is 4.07. The van der Waals surface area contributed by atoms with Crippen molar-refractivity contribution < 1.29 is 0 Å². The van der Waals surface area contributed by atoms with Crippen LogP contribution in [0, 0.1) is 0 Å². The van der Waals surface area contributed by atoms with E-state index in [4.69, 9.17) is 0 Å². The summed E-state index contributed by atoms with van der Waals surface area (Å²) in [5.74, 6) is 0. The predicted octanol–water partition coefficient (Wildman–Crippen LogP) is 2.26. The van der Waals surface area contributed by atoms with Crippen molar-refractivity contribution >= 4 is 10.9 Å². The van der Waals surface area contributed by atoms with Crippen LogP contribution < -0.4 is 5.32 Å². The molecule has 0 bridgehead atoms. The number of imidazole rings is 1. The van der Waals surface area contributed by atoms with Crippen LogP contribution in [-0.2, 0) is 19.6 Å². The summed E-state index contributed by atoms with van der Waals surface area (Å²) < 4.78 is 4.40. The first-order valence-corrected chi connectivity index (χ1v) is 6.55. The average Bonchev–Trinajstić information content (AvgIpc) is 3.05. The highest BCUT2D eigenvalue weighted by Crippen LogP contribution is 2.18. The lowest BCUT2D eigenvalue weighted by Gasteiger charge is -2.07. The molecule has 0 atom stereocenters. The maximum atomic E-state index is 4.07. The van der Waals surface area contributed by atoms with Gasteiger partial charge in [0.2, 0.25) is 0 Å². The number of nitrogens with zero attached hydrogens (tertiary/aromatic N) is 3. The van der Waals surface area contributed by atoms with Gasteiger partial charge in [-0.1, -0.05) is 12.1 Å². The van der Waals surface area contributed by atoms with Crippen LogP contribution in [0.15, 0.2) is 49.2 Å². The van der Waals surface area contributed by atoms with Gasteiger partial charge in [-0.3, -0.25) is 0 Å². The molecule has 0 unspecified atom stereocenters. The SMILES string of the molecule is CNCc1ccc2ccn(CCn3ccnc3)c2c1. The molecule has 0 radical (unpaired) electrons. The molecular formula is C15H18N4. The van der Waals surface area contributed by atoms with E-state index in [2.05, 4.69) is 49.9 Å². The van der Waals surface area contributed by atoms with E-state index in [1.165, 1.54) is 16.5 Å². The molecule has 0 aliphatic carbocycles. The highest BCUT2D eigenvalue weighted by Gasteiger charge is 2.02. The Morgan fingerprint density at radius 2 is 2.11 bits per heavy atom. The lowest BCUT2D eigenvalue weighted by molar-refractivity contribution is 0.591. The van der Waals surface area contributed by atoms with Gasteiger partial charge in [0, 0.05) is 43.7 Å². The van der Waals surface area contributed by atoms with E-state index >= 15 is 0 Å². The Morgan fingerprint density at radius 1 is 1.16 bits per heavy atom. The van der Waals surface area contributed by atoms with Crippen LogP contribution in [0.25, 0.3) is 10.9 Å². The first-order valence-electron chi connectivity index (χ1n) is 6.55. The smallest absolute Gasteiger partial charge is 0.0946 e. The predicted molar refractivity (Wildman–Crippen MR) is 76.9 cm³/mol. The topological polar surface area (TPSA) is 34.8 Å². The maximum Gasteiger partial charge on any atom is 0.0946 e. The molecule has 3 rings (SSSR count). The van der Waals surface area contributed by atoms with Crippen molar-refractivity contribution in [3.63, 3.8) is 0 Å². The lowest BCUT2D eigenvalue weighted by atomic mass is 10.1. The van der Waals surface area contributed by atoms with E-state index in [0.29, 0.717) is 0 Å². The molecule has 3 aromatic rings. The molecule has 0 aliphatic heterocycles. The summed E-state index contributed by atoms with van der Waals surface area (Å²) >= 11 is 0. The monoisotopic (exact) mass is 254 g/mol. The molecule has 0 spiro atoms. The lowest BCUT2D eigenvalue weighted by Crippen LogP contribution is -2.06. The normalized spacial score (nSPS) is 11.2. The van der Waals surface area contributed by atoms with Gasteiger partial charge in [0.15, 0.2) is 0 Å². The Labute approximate surface area is 112 Å². The minimum Gasteiger partial charge on any atom is -0.346 e. The van der Waals surface area contributed by atoms with E-state index in [1.807, 2.05) is 25.8 Å². The molecule has 0 amide bonds. The number of aromatic nitrogens is 3. The first-order chi connectivity index (χ1) is 9.36. The Hall–Kier alpha value is -2.07. The van der Waals surface area contributed by atoms with Crippen LogP contribution >= 0.6 is 0 Å². The van der Waals surface area contributed by atoms with Crippen LogP contribution in [0.4, 0.5) is 0 Å². The van der Waals surface area contributed by atoms with Gasteiger partial charge in [0.05, 0.1) is 6.33 Å². The fourth-order valence-electron chi connectivity index (χ4n) is 2.38. The van der Waals surface area contributed by atoms with Crippen molar-refractivity contribution in [1.82, 2.24) is 19.4 Å². The van der Waals surface area contributed by atoms with Crippen molar-refractivity contribution in [2.75, 3.05) is 7.05 Å². The standard InChI is InChI=1S/C15H18N4/c1-16-11-13-2-3-14-4-6-19(15(14)10-13)9-8-18-7-5-17-12-18/h2-7,10,12,16H,8-9,11H2,1H3. The van der Waals surface area contributed by atoms with E-state index < -0.39 is 0 Å². The molecule has 0 saturated heterocycles. The second-order valence-electron chi connectivity index (χ2n) is 4.73. The molecule has 0 fully saturated rings. The largest absolute Gasteiger partial charge is 0.346 e. The molecule has 98 valence electrons. The zero-order chi connectivity index (χ0) is 13.1. The summed E-state index contributed by atoms with van der Waals surface area (Å²) in [5.41, 5.74) is 2.62. The average molecular weight is 254 g/mol. The zero-order valence-corrected chi connectivity index (χ0v) is 11.1. The number of hydrogen-bond donors (Lipinski definition) is 1. The van der Waals surface area contributed by atoms with Crippen molar-refractivity contribution in [1.29, 1.82) is 0 Å². The van der Waals surface area contributed by atoms with Gasteiger partial charge in [0.25, 0.3) is 0 Å². The highest BCUT2D eigenvalue weighted by atomic mass is 15.1. The Bertz CT molecular complexity index is 652. The van der Waals surface area contributed by atoms with Gasteiger partial charge in [-0.2, -0.15) is 0 Å². The van der Waals surface area contributed by atoms with Gasteiger partial charge >= 0.3 is 0 Å². The van der Waals surface area contributed by atoms with Crippen molar-refractivity contribution in [3.8, 4) is 0 Å². The van der Waals surface area contributed by atoms with Gasteiger partial charge in [-0.05, 0) is 30.1 Å². The number of fused-ring (bicyclic) bond motifs is 1. The molecular weight excluding hydrogens is 236 g/mol. The maximum absolute atomic E-state index is 4.07. The summed E-state index contributed by atoms with van der Waals surface area (Å²) in [5, 5.41) is 4.49. The van der Waals surface area contributed by atoms with Crippen LogP contribution in [0.5, 0.6) is 0 Å². The third-order valence-corrected chi connectivity index (χ3v) is 3.38. The molecule has 0 aliphatic rings. The summed E-state index contributed by atoms with van der Waals surface area (Å²) in [6.07, 6.45) is 7.83. The van der Waals surface area contributed by atoms with Gasteiger partial charge in [-0.25, -0.2) is 4.98 Å². The number of rotatable bonds is 5. The summed E-state index contributed by atoms with van der Waals surface area (Å²) in [7, 11) is 1.97. The number of nitrogens with one attached hydrogen (secondary N) is 1. The summed E-state index contributed by atoms with van der Waals surface area (Å²) in [6, 6.07) is 8.81. The molecule has 4 nitrogen and oxygen atoms in total. The van der Waals surface area contributed by atoms with Crippen molar-refractivity contribution in [2.45, 2.75) is 19.6 Å². The van der Waals surface area contributed by atoms with Crippen LogP contribution in [0.3, 0.4) is 0 Å². The van der Waals surface area contributed by atoms with E-state index in [9.17, 15) is 0 Å². The molecule has 0 saturated carbocycles. The van der Waals surface area contributed by atoms with Crippen LogP contribution in [0.1, 0.15) is 5.56 Å². The third-order valence-electron chi connectivity index (χ3n) is 3.38. The highest BCUT2D eigenvalue weighted by molar-refractivity contribution is 5.80. The second-order valence-corrected chi connectivity index (χ2v) is 4.73. The van der Waals surface area contributed by atoms with Gasteiger partial charge in [-0.15, -0.1) is 0 Å². The zero-order valence-electron chi connectivity index (χ0n) is 11.1. The first kappa shape index (κ1) is 12.0. The number of hydrogen-bond acceptors (Lipinski definition) is 2. The number of benzene rings is 1. The quantitative estimate of drug-likeness (QED) is 0.758. The second kappa shape index (κ2) is 5.28. The molecule has 2 heterocycles. The fraction of sp³-hybridized carbons (Fsp3) is 0.267. The fourth-order valence-corrected chi connectivity index (χ4v) is 2.38. The van der Waals surface area contributed by atoms with Crippen LogP contribution in [0.2, 0.25) is 0 Å². The van der Waals surface area contributed by atoms with Crippen molar-refractivity contribution in [3.05, 3.63) is 54.7 Å². The number of aryl methyl sites for hydroxylation is 2.